The molecule has 0 saturated heterocycles. The van der Waals surface area contributed by atoms with Crippen LogP contribution in [0.1, 0.15) is 40.2 Å². The van der Waals surface area contributed by atoms with Crippen LogP contribution in [0.4, 0.5) is 11.4 Å². The summed E-state index contributed by atoms with van der Waals surface area (Å²) in [6, 6.07) is 26.9. The fourth-order valence-electron chi connectivity index (χ4n) is 6.76. The van der Waals surface area contributed by atoms with Gasteiger partial charge in [-0.1, -0.05) is 62.0 Å². The standard InChI is InChI=1S/C23H22O6.C19H24N2S.ClH/c1-23(2)11-10-15-16(29-23)12-17-19(20(15)26-4)21(27-5)18(22(24)28-17)13-6-8-14(25-3)9-7-13;1-4-20(5-2)15(3)14-21-16-10-6-8-12-18(16)22-19-13-9-7-11-17(19)21;/h6-12H,1-5H3;6-13,15H,4-5,14H2,1-3H3;1H. The van der Waals surface area contributed by atoms with Crippen molar-refractivity contribution in [1.82, 2.24) is 4.90 Å². The average molecular weight is 743 g/mol. The fraction of sp³-hybridized carbons (Fsp3) is 0.310. The number of nitrogens with zero attached hydrogens (tertiary/aromatic N) is 2. The quantitative estimate of drug-likeness (QED) is 0.137. The second-order valence-electron chi connectivity index (χ2n) is 13.0. The molecule has 0 radical (unpaired) electrons. The number of fused-ring (bicyclic) bond motifs is 4. The lowest BCUT2D eigenvalue weighted by molar-refractivity contribution is 0.158. The van der Waals surface area contributed by atoms with E-state index in [9.17, 15) is 4.79 Å². The molecule has 0 amide bonds. The first-order chi connectivity index (χ1) is 24.6. The van der Waals surface area contributed by atoms with Crippen molar-refractivity contribution in [2.75, 3.05) is 45.9 Å². The van der Waals surface area contributed by atoms with Gasteiger partial charge in [0.2, 0.25) is 0 Å². The second-order valence-corrected chi connectivity index (χ2v) is 14.1. The molecule has 274 valence electrons. The summed E-state index contributed by atoms with van der Waals surface area (Å²) < 4.78 is 28.3. The minimum absolute atomic E-state index is 0. The Balaban J connectivity index is 0.000000205. The maximum atomic E-state index is 12.9. The van der Waals surface area contributed by atoms with E-state index in [1.165, 1.54) is 28.3 Å². The number of anilines is 2. The maximum Gasteiger partial charge on any atom is 0.347 e. The molecule has 5 aromatic rings. The lowest BCUT2D eigenvalue weighted by Crippen LogP contribution is -2.41. The van der Waals surface area contributed by atoms with Gasteiger partial charge in [0.1, 0.15) is 45.1 Å². The van der Waals surface area contributed by atoms with E-state index in [1.54, 1.807) is 44.6 Å². The van der Waals surface area contributed by atoms with Gasteiger partial charge in [0.25, 0.3) is 0 Å². The van der Waals surface area contributed by atoms with Crippen LogP contribution >= 0.6 is 24.2 Å². The Labute approximate surface area is 316 Å². The molecule has 1 aromatic heterocycles. The first kappa shape index (κ1) is 38.7. The van der Waals surface area contributed by atoms with E-state index in [0.29, 0.717) is 51.1 Å². The fourth-order valence-corrected chi connectivity index (χ4v) is 7.86. The highest BCUT2D eigenvalue weighted by molar-refractivity contribution is 7.99. The number of benzene rings is 4. The molecule has 0 fully saturated rings. The first-order valence-corrected chi connectivity index (χ1v) is 18.1. The minimum Gasteiger partial charge on any atom is -0.497 e. The van der Waals surface area contributed by atoms with Crippen molar-refractivity contribution in [1.29, 1.82) is 0 Å². The molecule has 0 spiro atoms. The van der Waals surface area contributed by atoms with Crippen LogP contribution in [0.25, 0.3) is 28.2 Å². The Morgan fingerprint density at radius 1 is 0.846 bits per heavy atom. The van der Waals surface area contributed by atoms with Gasteiger partial charge in [0.05, 0.1) is 38.3 Å². The number of rotatable bonds is 9. The van der Waals surface area contributed by atoms with Crippen molar-refractivity contribution in [2.45, 2.75) is 56.1 Å². The van der Waals surface area contributed by atoms with Gasteiger partial charge < -0.3 is 28.3 Å². The summed E-state index contributed by atoms with van der Waals surface area (Å²) in [6.45, 7) is 13.9. The summed E-state index contributed by atoms with van der Waals surface area (Å²) in [5, 5.41) is 0.576. The van der Waals surface area contributed by atoms with Gasteiger partial charge in [-0.15, -0.1) is 12.4 Å². The lowest BCUT2D eigenvalue weighted by atomic mass is 9.98. The number of ether oxygens (including phenoxy) is 4. The zero-order valence-electron chi connectivity index (χ0n) is 31.0. The Hall–Kier alpha value is -4.57. The molecular formula is C42H47ClN2O6S. The molecule has 3 heterocycles. The number of likely N-dealkylation sites (N-methyl/N-ethyl adjacent to an activating group) is 1. The first-order valence-electron chi connectivity index (χ1n) is 17.3. The van der Waals surface area contributed by atoms with Crippen LogP contribution in [0.5, 0.6) is 23.0 Å². The lowest BCUT2D eigenvalue weighted by Gasteiger charge is -2.37. The van der Waals surface area contributed by atoms with Gasteiger partial charge >= 0.3 is 5.63 Å². The Bertz CT molecular complexity index is 2060. The molecular weight excluding hydrogens is 696 g/mol. The van der Waals surface area contributed by atoms with Crippen LogP contribution in [0.3, 0.4) is 0 Å². The summed E-state index contributed by atoms with van der Waals surface area (Å²) >= 11 is 1.88. The third-order valence-corrected chi connectivity index (χ3v) is 10.5. The summed E-state index contributed by atoms with van der Waals surface area (Å²) in [4.78, 5) is 20.6. The number of halogens is 1. The van der Waals surface area contributed by atoms with Crippen LogP contribution in [0, 0.1) is 0 Å². The van der Waals surface area contributed by atoms with Crippen molar-refractivity contribution >= 4 is 52.6 Å². The van der Waals surface area contributed by atoms with Gasteiger partial charge in [-0.3, -0.25) is 4.90 Å². The summed E-state index contributed by atoms with van der Waals surface area (Å²) in [5.41, 5.74) is 3.78. The summed E-state index contributed by atoms with van der Waals surface area (Å²) in [5.74, 6) is 2.19. The van der Waals surface area contributed by atoms with Crippen LogP contribution in [-0.2, 0) is 0 Å². The van der Waals surface area contributed by atoms with E-state index in [0.717, 1.165) is 25.2 Å². The predicted octanol–water partition coefficient (Wildman–Crippen LogP) is 10.1. The molecule has 8 nitrogen and oxygen atoms in total. The van der Waals surface area contributed by atoms with E-state index < -0.39 is 11.2 Å². The van der Waals surface area contributed by atoms with Gasteiger partial charge in [-0.2, -0.15) is 0 Å². The molecule has 4 aromatic carbocycles. The molecule has 0 saturated carbocycles. The summed E-state index contributed by atoms with van der Waals surface area (Å²) in [6.07, 6.45) is 3.91. The highest BCUT2D eigenvalue weighted by Gasteiger charge is 2.29. The Morgan fingerprint density at radius 3 is 2.00 bits per heavy atom. The van der Waals surface area contributed by atoms with Gasteiger partial charge in [-0.25, -0.2) is 4.79 Å². The molecule has 1 atom stereocenters. The number of hydrogen-bond acceptors (Lipinski definition) is 9. The number of methoxy groups -OCH3 is 3. The van der Waals surface area contributed by atoms with Crippen molar-refractivity contribution < 1.29 is 23.4 Å². The molecule has 2 aliphatic heterocycles. The van der Waals surface area contributed by atoms with Gasteiger partial charge in [0, 0.05) is 28.4 Å². The Kier molecular flexibility index (Phi) is 12.2. The highest BCUT2D eigenvalue weighted by Crippen LogP contribution is 2.49. The van der Waals surface area contributed by atoms with Gasteiger partial charge in [-0.05, 0) is 88.0 Å². The largest absolute Gasteiger partial charge is 0.497 e. The molecule has 2 aliphatic rings. The minimum atomic E-state index is -0.507. The monoisotopic (exact) mass is 742 g/mol. The zero-order chi connectivity index (χ0) is 36.3. The molecule has 7 rings (SSSR count). The predicted molar refractivity (Wildman–Crippen MR) is 215 cm³/mol. The maximum absolute atomic E-state index is 12.9. The van der Waals surface area contributed by atoms with Crippen LogP contribution in [-0.4, -0.2) is 57.5 Å². The Morgan fingerprint density at radius 2 is 1.44 bits per heavy atom. The molecule has 0 N–H and O–H groups in total. The zero-order valence-corrected chi connectivity index (χ0v) is 32.7. The normalized spacial score (nSPS) is 14.1. The van der Waals surface area contributed by atoms with Crippen molar-refractivity contribution in [2.24, 2.45) is 0 Å². The molecule has 52 heavy (non-hydrogen) atoms. The topological polar surface area (TPSA) is 73.6 Å². The van der Waals surface area contributed by atoms with Gasteiger partial charge in [0.15, 0.2) is 0 Å². The average Bonchev–Trinajstić information content (AvgIpc) is 3.13. The number of hydrogen-bond donors (Lipinski definition) is 0. The second kappa shape index (κ2) is 16.4. The van der Waals surface area contributed by atoms with E-state index >= 15 is 0 Å². The molecule has 1 unspecified atom stereocenters. The molecule has 10 heteroatoms. The van der Waals surface area contributed by atoms with E-state index in [2.05, 4.69) is 79.1 Å². The van der Waals surface area contributed by atoms with Crippen LogP contribution in [0.2, 0.25) is 0 Å². The van der Waals surface area contributed by atoms with E-state index in [1.807, 2.05) is 37.8 Å². The summed E-state index contributed by atoms with van der Waals surface area (Å²) in [7, 11) is 4.68. The van der Waals surface area contributed by atoms with Crippen molar-refractivity contribution in [3.63, 3.8) is 0 Å². The van der Waals surface area contributed by atoms with Crippen LogP contribution in [0.15, 0.2) is 104 Å². The van der Waals surface area contributed by atoms with E-state index in [-0.39, 0.29) is 12.4 Å². The molecule has 0 bridgehead atoms. The smallest absolute Gasteiger partial charge is 0.347 e. The molecule has 0 aliphatic carbocycles. The van der Waals surface area contributed by atoms with Crippen molar-refractivity contribution in [3.05, 3.63) is 101 Å². The third-order valence-electron chi connectivity index (χ3n) is 9.33. The highest BCUT2D eigenvalue weighted by atomic mass is 35.5. The van der Waals surface area contributed by atoms with E-state index in [4.69, 9.17) is 23.4 Å². The third kappa shape index (κ3) is 7.63. The van der Waals surface area contributed by atoms with Crippen LogP contribution < -0.4 is 29.5 Å². The SMILES string of the molecule is CCN(CC)C(C)CN1c2ccccc2Sc2ccccc21.COc1ccc(-c2c(OC)c3c(OC)c4c(cc3oc2=O)OC(C)(C)C=C4)cc1.Cl. The van der Waals surface area contributed by atoms with Crippen molar-refractivity contribution in [3.8, 4) is 34.1 Å². The number of para-hydroxylation sites is 2.